The van der Waals surface area contributed by atoms with Crippen molar-refractivity contribution in [2.24, 2.45) is 7.05 Å². The summed E-state index contributed by atoms with van der Waals surface area (Å²) in [6.45, 7) is 0. The second-order valence-electron chi connectivity index (χ2n) is 3.69. The van der Waals surface area contributed by atoms with Gasteiger partial charge in [-0.1, -0.05) is 0 Å². The molecule has 0 aliphatic carbocycles. The Morgan fingerprint density at radius 1 is 1.44 bits per heavy atom. The normalized spacial score (nSPS) is 11.4. The number of anilines is 2. The van der Waals surface area contributed by atoms with Crippen molar-refractivity contribution in [3.8, 4) is 0 Å². The minimum atomic E-state index is -3.86. The number of sulfonamides is 1. The highest BCUT2D eigenvalue weighted by molar-refractivity contribution is 7.92. The largest absolute Gasteiger partial charge is 0.399 e. The molecule has 0 amide bonds. The number of halogens is 1. The quantitative estimate of drug-likeness (QED) is 0.812. The SMILES string of the molecule is Cn1cc(S(=O)(=O)Nc2cc(N)ccc2F)cn1. The van der Waals surface area contributed by atoms with Gasteiger partial charge in [0.1, 0.15) is 10.7 Å². The van der Waals surface area contributed by atoms with E-state index in [2.05, 4.69) is 9.82 Å². The zero-order valence-corrected chi connectivity index (χ0v) is 10.3. The van der Waals surface area contributed by atoms with E-state index >= 15 is 0 Å². The Hall–Kier alpha value is -2.09. The monoisotopic (exact) mass is 270 g/mol. The molecular weight excluding hydrogens is 259 g/mol. The first-order valence-electron chi connectivity index (χ1n) is 4.95. The zero-order valence-electron chi connectivity index (χ0n) is 9.46. The van der Waals surface area contributed by atoms with Crippen LogP contribution >= 0.6 is 0 Å². The lowest BCUT2D eigenvalue weighted by atomic mass is 10.3. The van der Waals surface area contributed by atoms with Gasteiger partial charge in [0.15, 0.2) is 0 Å². The van der Waals surface area contributed by atoms with Gasteiger partial charge in [0.05, 0.1) is 11.9 Å². The molecule has 0 aliphatic rings. The molecule has 1 heterocycles. The van der Waals surface area contributed by atoms with E-state index in [0.717, 1.165) is 6.07 Å². The Balaban J connectivity index is 2.36. The predicted octanol–water partition coefficient (Wildman–Crippen LogP) is 0.942. The summed E-state index contributed by atoms with van der Waals surface area (Å²) in [5, 5.41) is 3.74. The standard InChI is InChI=1S/C10H11FN4O2S/c1-15-6-8(5-13-15)18(16,17)14-10-4-7(12)2-3-9(10)11/h2-6,14H,12H2,1H3. The van der Waals surface area contributed by atoms with Gasteiger partial charge in [0.2, 0.25) is 0 Å². The summed E-state index contributed by atoms with van der Waals surface area (Å²) in [5.41, 5.74) is 5.54. The Morgan fingerprint density at radius 2 is 2.17 bits per heavy atom. The number of nitrogens with zero attached hydrogens (tertiary/aromatic N) is 2. The van der Waals surface area contributed by atoms with Crippen LogP contribution in [-0.4, -0.2) is 18.2 Å². The molecule has 0 aliphatic heterocycles. The first kappa shape index (κ1) is 12.4. The van der Waals surface area contributed by atoms with Crippen molar-refractivity contribution in [3.63, 3.8) is 0 Å². The molecule has 2 rings (SSSR count). The second kappa shape index (κ2) is 4.30. The van der Waals surface area contributed by atoms with Gasteiger partial charge in [-0.15, -0.1) is 0 Å². The molecule has 0 saturated heterocycles. The number of nitrogens with two attached hydrogens (primary N) is 1. The highest BCUT2D eigenvalue weighted by Gasteiger charge is 2.18. The first-order valence-corrected chi connectivity index (χ1v) is 6.43. The number of aryl methyl sites for hydroxylation is 1. The maximum Gasteiger partial charge on any atom is 0.265 e. The minimum absolute atomic E-state index is 0.0492. The van der Waals surface area contributed by atoms with Crippen LogP contribution in [0.1, 0.15) is 0 Å². The summed E-state index contributed by atoms with van der Waals surface area (Å²) in [4.78, 5) is -0.0492. The molecule has 0 fully saturated rings. The number of aromatic nitrogens is 2. The van der Waals surface area contributed by atoms with Crippen molar-refractivity contribution in [2.45, 2.75) is 4.90 Å². The topological polar surface area (TPSA) is 90.0 Å². The zero-order chi connectivity index (χ0) is 13.3. The molecule has 0 spiro atoms. The third-order valence-electron chi connectivity index (χ3n) is 2.23. The number of nitrogen functional groups attached to an aromatic ring is 1. The molecule has 2 aromatic rings. The molecule has 18 heavy (non-hydrogen) atoms. The van der Waals surface area contributed by atoms with E-state index in [1.54, 1.807) is 7.05 Å². The highest BCUT2D eigenvalue weighted by atomic mass is 32.2. The molecule has 0 bridgehead atoms. The van der Waals surface area contributed by atoms with Gasteiger partial charge in [-0.3, -0.25) is 9.40 Å². The average Bonchev–Trinajstić information content (AvgIpc) is 2.71. The van der Waals surface area contributed by atoms with Crippen LogP contribution in [0.5, 0.6) is 0 Å². The fourth-order valence-electron chi connectivity index (χ4n) is 1.36. The molecular formula is C10H11FN4O2S. The molecule has 0 atom stereocenters. The molecule has 0 saturated carbocycles. The van der Waals surface area contributed by atoms with Crippen molar-refractivity contribution >= 4 is 21.4 Å². The van der Waals surface area contributed by atoms with E-state index in [-0.39, 0.29) is 16.3 Å². The fraction of sp³-hybridized carbons (Fsp3) is 0.100. The van der Waals surface area contributed by atoms with Crippen LogP contribution in [0.15, 0.2) is 35.5 Å². The van der Waals surface area contributed by atoms with E-state index in [1.807, 2.05) is 0 Å². The number of nitrogens with one attached hydrogen (secondary N) is 1. The van der Waals surface area contributed by atoms with Gasteiger partial charge < -0.3 is 5.73 Å². The van der Waals surface area contributed by atoms with Crippen LogP contribution in [0.25, 0.3) is 0 Å². The van der Waals surface area contributed by atoms with Gasteiger partial charge in [-0.2, -0.15) is 5.10 Å². The number of rotatable bonds is 3. The third kappa shape index (κ3) is 2.43. The lowest BCUT2D eigenvalue weighted by molar-refractivity contribution is 0.598. The summed E-state index contributed by atoms with van der Waals surface area (Å²) < 4.78 is 40.7. The van der Waals surface area contributed by atoms with Gasteiger partial charge in [0, 0.05) is 18.9 Å². The molecule has 0 radical (unpaired) electrons. The van der Waals surface area contributed by atoms with Crippen LogP contribution < -0.4 is 10.5 Å². The van der Waals surface area contributed by atoms with Crippen molar-refractivity contribution < 1.29 is 12.8 Å². The smallest absolute Gasteiger partial charge is 0.265 e. The maximum atomic E-state index is 13.4. The van der Waals surface area contributed by atoms with Crippen molar-refractivity contribution in [2.75, 3.05) is 10.5 Å². The van der Waals surface area contributed by atoms with E-state index in [9.17, 15) is 12.8 Å². The maximum absolute atomic E-state index is 13.4. The summed E-state index contributed by atoms with van der Waals surface area (Å²) in [6.07, 6.45) is 2.49. The average molecular weight is 270 g/mol. The van der Waals surface area contributed by atoms with Gasteiger partial charge in [-0.25, -0.2) is 12.8 Å². The van der Waals surface area contributed by atoms with E-state index < -0.39 is 15.8 Å². The lowest BCUT2D eigenvalue weighted by Gasteiger charge is -2.07. The van der Waals surface area contributed by atoms with E-state index in [1.165, 1.54) is 29.2 Å². The summed E-state index contributed by atoms with van der Waals surface area (Å²) in [5.74, 6) is -0.698. The Kier molecular flexibility index (Phi) is 2.95. The molecule has 0 unspecified atom stereocenters. The fourth-order valence-corrected chi connectivity index (χ4v) is 2.40. The summed E-state index contributed by atoms with van der Waals surface area (Å²) in [6, 6.07) is 3.65. The van der Waals surface area contributed by atoms with Gasteiger partial charge in [-0.05, 0) is 18.2 Å². The Labute approximate surface area is 103 Å². The van der Waals surface area contributed by atoms with Gasteiger partial charge in [0.25, 0.3) is 10.0 Å². The third-order valence-corrected chi connectivity index (χ3v) is 3.55. The lowest BCUT2D eigenvalue weighted by Crippen LogP contribution is -2.13. The van der Waals surface area contributed by atoms with Crippen molar-refractivity contribution in [1.82, 2.24) is 9.78 Å². The first-order chi connectivity index (χ1) is 8.38. The molecule has 3 N–H and O–H groups in total. The predicted molar refractivity (Wildman–Crippen MR) is 64.8 cm³/mol. The summed E-state index contributed by atoms with van der Waals surface area (Å²) in [7, 11) is -2.28. The van der Waals surface area contributed by atoms with Gasteiger partial charge >= 0.3 is 0 Å². The van der Waals surface area contributed by atoms with E-state index in [0.29, 0.717) is 0 Å². The Bertz CT molecular complexity index is 681. The Morgan fingerprint density at radius 3 is 2.78 bits per heavy atom. The van der Waals surface area contributed by atoms with Crippen molar-refractivity contribution in [1.29, 1.82) is 0 Å². The van der Waals surface area contributed by atoms with E-state index in [4.69, 9.17) is 5.73 Å². The molecule has 96 valence electrons. The van der Waals surface area contributed by atoms with Crippen LogP contribution in [-0.2, 0) is 17.1 Å². The number of benzene rings is 1. The van der Waals surface area contributed by atoms with Crippen LogP contribution in [0.3, 0.4) is 0 Å². The summed E-state index contributed by atoms with van der Waals surface area (Å²) >= 11 is 0. The molecule has 8 heteroatoms. The number of hydrogen-bond acceptors (Lipinski definition) is 4. The van der Waals surface area contributed by atoms with Crippen molar-refractivity contribution in [3.05, 3.63) is 36.4 Å². The minimum Gasteiger partial charge on any atom is -0.399 e. The number of hydrogen-bond donors (Lipinski definition) is 2. The molecule has 1 aromatic carbocycles. The van der Waals surface area contributed by atoms with Crippen LogP contribution in [0.4, 0.5) is 15.8 Å². The molecule has 6 nitrogen and oxygen atoms in total. The van der Waals surface area contributed by atoms with Crippen LogP contribution in [0.2, 0.25) is 0 Å². The molecule has 1 aromatic heterocycles. The second-order valence-corrected chi connectivity index (χ2v) is 5.38. The highest BCUT2D eigenvalue weighted by Crippen LogP contribution is 2.21. The van der Waals surface area contributed by atoms with Crippen LogP contribution in [0, 0.1) is 5.82 Å².